The van der Waals surface area contributed by atoms with Gasteiger partial charge in [-0.05, 0) is 78.2 Å². The number of anilines is 1. The first kappa shape index (κ1) is 26.9. The molecule has 0 bridgehead atoms. The minimum Gasteiger partial charge on any atom is -0.489 e. The fraction of sp³-hybridized carbons (Fsp3) is 0.0968. The summed E-state index contributed by atoms with van der Waals surface area (Å²) in [7, 11) is 0. The van der Waals surface area contributed by atoms with E-state index in [1.54, 1.807) is 23.9 Å². The Bertz CT molecular complexity index is 1580. The summed E-state index contributed by atoms with van der Waals surface area (Å²) >= 11 is 13.8. The molecule has 5 rings (SSSR count). The molecule has 0 saturated heterocycles. The zero-order chi connectivity index (χ0) is 27.2. The molecular weight excluding hydrogens is 551 g/mol. The minimum atomic E-state index is -0.359. The van der Waals surface area contributed by atoms with E-state index < -0.39 is 0 Å². The topological polar surface area (TPSA) is 64.4 Å². The number of carbonyl (C=O) groups excluding carboxylic acids is 1. The van der Waals surface area contributed by atoms with Crippen LogP contribution in [-0.2, 0) is 12.4 Å². The Hall–Kier alpha value is -3.71. The molecule has 1 heterocycles. The third kappa shape index (κ3) is 7.03. The highest BCUT2D eigenvalue weighted by atomic mass is 35.5. The second-order valence-corrected chi connectivity index (χ2v) is 10.7. The van der Waals surface area contributed by atoms with Gasteiger partial charge < -0.3 is 14.6 Å². The van der Waals surface area contributed by atoms with Crippen LogP contribution in [0, 0.1) is 6.92 Å². The molecule has 5 aromatic rings. The van der Waals surface area contributed by atoms with Crippen molar-refractivity contribution >= 4 is 46.6 Å². The summed E-state index contributed by atoms with van der Waals surface area (Å²) < 4.78 is 11.4. The second-order valence-electron chi connectivity index (χ2n) is 8.83. The average molecular weight is 576 g/mol. The number of halogens is 2. The zero-order valence-electron chi connectivity index (χ0n) is 21.0. The van der Waals surface area contributed by atoms with Crippen LogP contribution in [0.25, 0.3) is 11.3 Å². The smallest absolute Gasteiger partial charge is 0.277 e. The van der Waals surface area contributed by atoms with Gasteiger partial charge in [-0.25, -0.2) is 0 Å². The summed E-state index contributed by atoms with van der Waals surface area (Å²) in [5.74, 6) is 1.52. The molecule has 0 spiro atoms. The van der Waals surface area contributed by atoms with E-state index in [0.29, 0.717) is 33.9 Å². The van der Waals surface area contributed by atoms with Crippen LogP contribution in [0.2, 0.25) is 10.0 Å². The highest BCUT2D eigenvalue weighted by Gasteiger charge is 2.16. The van der Waals surface area contributed by atoms with E-state index in [4.69, 9.17) is 32.5 Å². The molecule has 5 nitrogen and oxygen atoms in total. The van der Waals surface area contributed by atoms with Crippen LogP contribution in [0.4, 0.5) is 5.69 Å². The van der Waals surface area contributed by atoms with E-state index in [9.17, 15) is 4.79 Å². The number of para-hydroxylation sites is 1. The van der Waals surface area contributed by atoms with Crippen LogP contribution in [0.3, 0.4) is 0 Å². The summed E-state index contributed by atoms with van der Waals surface area (Å²) in [5.41, 5.74) is 4.98. The fourth-order valence-corrected chi connectivity index (χ4v) is 5.41. The van der Waals surface area contributed by atoms with Gasteiger partial charge in [-0.2, -0.15) is 0 Å². The van der Waals surface area contributed by atoms with E-state index in [-0.39, 0.29) is 11.6 Å². The molecule has 4 aromatic carbocycles. The number of amides is 1. The Balaban J connectivity index is 1.21. The number of rotatable bonds is 9. The molecule has 0 saturated carbocycles. The normalized spacial score (nSPS) is 10.8. The lowest BCUT2D eigenvalue weighted by atomic mass is 10.1. The van der Waals surface area contributed by atoms with Crippen molar-refractivity contribution in [1.82, 2.24) is 5.16 Å². The fourth-order valence-electron chi connectivity index (χ4n) is 3.90. The third-order valence-corrected chi connectivity index (χ3v) is 7.57. The van der Waals surface area contributed by atoms with Gasteiger partial charge in [0.2, 0.25) is 0 Å². The highest BCUT2D eigenvalue weighted by molar-refractivity contribution is 7.98. The first-order valence-electron chi connectivity index (χ1n) is 12.2. The minimum absolute atomic E-state index is 0.186. The Kier molecular flexibility index (Phi) is 8.57. The van der Waals surface area contributed by atoms with Crippen LogP contribution in [0.15, 0.2) is 106 Å². The first-order chi connectivity index (χ1) is 18.9. The maximum atomic E-state index is 13.0. The summed E-state index contributed by atoms with van der Waals surface area (Å²) in [4.78, 5) is 13.9. The van der Waals surface area contributed by atoms with Crippen LogP contribution in [0.1, 0.15) is 27.2 Å². The summed E-state index contributed by atoms with van der Waals surface area (Å²) in [6.07, 6.45) is 0. The van der Waals surface area contributed by atoms with Crippen LogP contribution in [-0.4, -0.2) is 11.1 Å². The largest absolute Gasteiger partial charge is 0.489 e. The van der Waals surface area contributed by atoms with Crippen molar-refractivity contribution in [3.63, 3.8) is 0 Å². The van der Waals surface area contributed by atoms with E-state index in [1.807, 2.05) is 72.8 Å². The van der Waals surface area contributed by atoms with Gasteiger partial charge in [-0.15, -0.1) is 11.8 Å². The quantitative estimate of drug-likeness (QED) is 0.178. The molecule has 39 heavy (non-hydrogen) atoms. The molecule has 196 valence electrons. The van der Waals surface area contributed by atoms with Crippen LogP contribution in [0.5, 0.6) is 5.75 Å². The van der Waals surface area contributed by atoms with Crippen molar-refractivity contribution in [2.24, 2.45) is 0 Å². The summed E-state index contributed by atoms with van der Waals surface area (Å²) in [6, 6.07) is 30.3. The van der Waals surface area contributed by atoms with Crippen molar-refractivity contribution in [2.75, 3.05) is 5.32 Å². The number of thioether (sulfide) groups is 1. The first-order valence-corrected chi connectivity index (χ1v) is 13.9. The van der Waals surface area contributed by atoms with E-state index in [1.165, 1.54) is 5.56 Å². The molecule has 0 radical (unpaired) electrons. The van der Waals surface area contributed by atoms with Crippen molar-refractivity contribution in [3.05, 3.63) is 129 Å². The van der Waals surface area contributed by atoms with Gasteiger partial charge in [0.15, 0.2) is 11.5 Å². The van der Waals surface area contributed by atoms with Crippen molar-refractivity contribution in [2.45, 2.75) is 24.2 Å². The lowest BCUT2D eigenvalue weighted by Crippen LogP contribution is -2.12. The van der Waals surface area contributed by atoms with Gasteiger partial charge in [-0.1, -0.05) is 64.8 Å². The molecule has 1 aromatic heterocycles. The number of ether oxygens (including phenoxy) is 1. The predicted molar refractivity (Wildman–Crippen MR) is 158 cm³/mol. The number of hydrogen-bond acceptors (Lipinski definition) is 5. The number of nitrogens with zero attached hydrogens (tertiary/aromatic N) is 1. The average Bonchev–Trinajstić information content (AvgIpc) is 3.43. The Labute approximate surface area is 241 Å². The number of benzene rings is 4. The van der Waals surface area contributed by atoms with Crippen molar-refractivity contribution < 1.29 is 14.1 Å². The van der Waals surface area contributed by atoms with Gasteiger partial charge in [0, 0.05) is 32.3 Å². The van der Waals surface area contributed by atoms with Crippen molar-refractivity contribution in [3.8, 4) is 17.1 Å². The maximum Gasteiger partial charge on any atom is 0.277 e. The summed E-state index contributed by atoms with van der Waals surface area (Å²) in [6.45, 7) is 2.56. The number of hydrogen-bond donors (Lipinski definition) is 1. The monoisotopic (exact) mass is 574 g/mol. The van der Waals surface area contributed by atoms with Gasteiger partial charge in [0.05, 0.1) is 5.69 Å². The Morgan fingerprint density at radius 2 is 1.64 bits per heavy atom. The van der Waals surface area contributed by atoms with Gasteiger partial charge in [0.1, 0.15) is 12.4 Å². The predicted octanol–water partition coefficient (Wildman–Crippen LogP) is 9.08. The molecule has 8 heteroatoms. The molecule has 1 N–H and O–H groups in total. The van der Waals surface area contributed by atoms with Crippen LogP contribution < -0.4 is 10.1 Å². The number of aromatic nitrogens is 1. The SMILES string of the molecule is Cc1ccccc1COc1ccc(-c2cc(C(=O)Nc3ccccc3SCc3cc(Cl)cc(Cl)c3)no2)cc1. The van der Waals surface area contributed by atoms with E-state index in [2.05, 4.69) is 29.5 Å². The van der Waals surface area contributed by atoms with Gasteiger partial charge in [-0.3, -0.25) is 4.79 Å². The van der Waals surface area contributed by atoms with Crippen molar-refractivity contribution in [1.29, 1.82) is 0 Å². The zero-order valence-corrected chi connectivity index (χ0v) is 23.3. The Morgan fingerprint density at radius 1 is 0.923 bits per heavy atom. The molecular formula is C31H24Cl2N2O3S. The van der Waals surface area contributed by atoms with Gasteiger partial charge >= 0.3 is 0 Å². The second kappa shape index (κ2) is 12.4. The molecule has 1 amide bonds. The molecule has 0 fully saturated rings. The standard InChI is InChI=1S/C31H24Cl2N2O3S/c1-20-6-2-3-7-23(20)18-37-26-12-10-22(11-13-26)29-17-28(35-38-29)31(36)34-27-8-4-5-9-30(27)39-19-21-14-24(32)16-25(33)15-21/h2-17H,18-19H2,1H3,(H,34,36). The molecule has 0 atom stereocenters. The molecule has 0 unspecified atom stereocenters. The van der Waals surface area contributed by atoms with E-state index in [0.717, 1.165) is 27.3 Å². The molecule has 0 aliphatic carbocycles. The maximum absolute atomic E-state index is 13.0. The molecule has 0 aliphatic rings. The molecule has 0 aliphatic heterocycles. The highest BCUT2D eigenvalue weighted by Crippen LogP contribution is 2.32. The third-order valence-electron chi connectivity index (χ3n) is 5.99. The number of carbonyl (C=O) groups is 1. The Morgan fingerprint density at radius 3 is 2.41 bits per heavy atom. The number of nitrogens with one attached hydrogen (secondary N) is 1. The lowest BCUT2D eigenvalue weighted by molar-refractivity contribution is 0.101. The van der Waals surface area contributed by atoms with Crippen LogP contribution >= 0.6 is 35.0 Å². The lowest BCUT2D eigenvalue weighted by Gasteiger charge is -2.10. The summed E-state index contributed by atoms with van der Waals surface area (Å²) in [5, 5.41) is 8.10. The van der Waals surface area contributed by atoms with Gasteiger partial charge in [0.25, 0.3) is 5.91 Å². The number of aryl methyl sites for hydroxylation is 1. The van der Waals surface area contributed by atoms with E-state index >= 15 is 0 Å².